The van der Waals surface area contributed by atoms with Crippen molar-refractivity contribution < 1.29 is 51.5 Å². The molecule has 8 fully saturated rings. The van der Waals surface area contributed by atoms with E-state index in [1.54, 1.807) is 0 Å². The second-order valence-corrected chi connectivity index (χ2v) is 14.2. The molecule has 6 saturated carbocycles. The second kappa shape index (κ2) is 9.99. The van der Waals surface area contributed by atoms with Crippen LogP contribution >= 0.6 is 0 Å². The molecule has 6 aliphatic carbocycles. The van der Waals surface area contributed by atoms with Crippen molar-refractivity contribution in [3.05, 3.63) is 0 Å². The summed E-state index contributed by atoms with van der Waals surface area (Å²) in [6.07, 6.45) is 9.28. The van der Waals surface area contributed by atoms with E-state index in [4.69, 9.17) is 33.2 Å². The van der Waals surface area contributed by atoms with Gasteiger partial charge in [0.15, 0.2) is 17.7 Å². The summed E-state index contributed by atoms with van der Waals surface area (Å²) in [6.45, 7) is 1.07. The van der Waals surface area contributed by atoms with Crippen molar-refractivity contribution in [2.75, 3.05) is 19.8 Å². The van der Waals surface area contributed by atoms with E-state index in [9.17, 15) is 18.4 Å². The van der Waals surface area contributed by atoms with E-state index >= 15 is 0 Å². The zero-order chi connectivity index (χ0) is 28.5. The number of halogens is 2. The summed E-state index contributed by atoms with van der Waals surface area (Å²) in [5, 5.41) is 0. The summed E-state index contributed by atoms with van der Waals surface area (Å²) >= 11 is 0. The molecule has 0 radical (unpaired) electrons. The lowest BCUT2D eigenvalue weighted by Crippen LogP contribution is -2.59. The Hall–Kier alpha value is -1.56. The summed E-state index contributed by atoms with van der Waals surface area (Å²) in [5.74, 6) is -5.74. The first-order valence-electron chi connectivity index (χ1n) is 15.6. The first-order chi connectivity index (χ1) is 19.5. The molecule has 8 aliphatic rings. The number of alkyl halides is 2. The standard InChI is InChI=1S/C30H42F2O9/c1-26(31,32)24(33)35-18-27-11-19-10-20(12-27)14-28(13-19,17-27)41-25(34)38-23(21-15-36-29(39-21)6-2-3-7-29)22-16-37-30(40-22)8-4-5-9-30/h19-23H,2-18H2,1H3. The fourth-order valence-corrected chi connectivity index (χ4v) is 9.53. The number of hydrogen-bond acceptors (Lipinski definition) is 9. The molecule has 9 nitrogen and oxygen atoms in total. The molecule has 4 atom stereocenters. The highest BCUT2D eigenvalue weighted by Crippen LogP contribution is 2.63. The largest absolute Gasteiger partial charge is 0.509 e. The Balaban J connectivity index is 1.05. The van der Waals surface area contributed by atoms with Crippen LogP contribution in [-0.4, -0.2) is 73.4 Å². The Morgan fingerprint density at radius 3 is 1.93 bits per heavy atom. The average molecular weight is 585 g/mol. The highest BCUT2D eigenvalue weighted by Gasteiger charge is 2.61. The molecule has 0 amide bonds. The van der Waals surface area contributed by atoms with E-state index in [1.165, 1.54) is 0 Å². The van der Waals surface area contributed by atoms with E-state index in [1.807, 2.05) is 0 Å². The Morgan fingerprint density at radius 2 is 1.41 bits per heavy atom. The van der Waals surface area contributed by atoms with E-state index < -0.39 is 58.9 Å². The van der Waals surface area contributed by atoms with Gasteiger partial charge in [-0.15, -0.1) is 0 Å². The minimum Gasteiger partial charge on any atom is -0.461 e. The van der Waals surface area contributed by atoms with Gasteiger partial charge in [0.25, 0.3) is 0 Å². The van der Waals surface area contributed by atoms with Crippen molar-refractivity contribution in [1.82, 2.24) is 0 Å². The molecule has 11 heteroatoms. The molecule has 4 unspecified atom stereocenters. The topological polar surface area (TPSA) is 98.8 Å². The molecule has 0 aromatic carbocycles. The third kappa shape index (κ3) is 5.38. The maximum absolute atomic E-state index is 13.6. The van der Waals surface area contributed by atoms with Crippen LogP contribution < -0.4 is 0 Å². The van der Waals surface area contributed by atoms with Crippen LogP contribution in [0.2, 0.25) is 0 Å². The SMILES string of the molecule is CC(F)(F)C(=O)OCC12CC3CC(C1)CC(OC(=O)OC(C1COC4(CCCC4)O1)C1COC4(CCCC4)O1)(C3)C2. The summed E-state index contributed by atoms with van der Waals surface area (Å²) in [7, 11) is 0. The predicted octanol–water partition coefficient (Wildman–Crippen LogP) is 5.42. The molecule has 0 N–H and O–H groups in total. The van der Waals surface area contributed by atoms with E-state index in [0.717, 1.165) is 70.6 Å². The monoisotopic (exact) mass is 584 g/mol. The summed E-state index contributed by atoms with van der Waals surface area (Å²) in [6, 6.07) is 0. The van der Waals surface area contributed by atoms with Crippen molar-refractivity contribution in [3.63, 3.8) is 0 Å². The summed E-state index contributed by atoms with van der Waals surface area (Å²) < 4.78 is 69.5. The molecule has 230 valence electrons. The highest BCUT2D eigenvalue weighted by molar-refractivity contribution is 5.76. The molecule has 2 saturated heterocycles. The molecular weight excluding hydrogens is 542 g/mol. The Kier molecular flexibility index (Phi) is 6.88. The number of rotatable bonds is 7. The van der Waals surface area contributed by atoms with Crippen molar-refractivity contribution in [3.8, 4) is 0 Å². The van der Waals surface area contributed by atoms with E-state index in [2.05, 4.69) is 0 Å². The number of carbonyl (C=O) groups is 2. The minimum atomic E-state index is -3.54. The van der Waals surface area contributed by atoms with Crippen LogP contribution in [0, 0.1) is 17.3 Å². The zero-order valence-corrected chi connectivity index (χ0v) is 23.8. The van der Waals surface area contributed by atoms with Gasteiger partial charge in [-0.1, -0.05) is 0 Å². The number of hydrogen-bond donors (Lipinski definition) is 0. The fraction of sp³-hybridized carbons (Fsp3) is 0.933. The summed E-state index contributed by atoms with van der Waals surface area (Å²) in [4.78, 5) is 25.4. The van der Waals surface area contributed by atoms with E-state index in [0.29, 0.717) is 39.4 Å². The van der Waals surface area contributed by atoms with Crippen LogP contribution in [0.25, 0.3) is 0 Å². The maximum atomic E-state index is 13.6. The molecule has 2 aliphatic heterocycles. The lowest BCUT2D eigenvalue weighted by atomic mass is 9.48. The van der Waals surface area contributed by atoms with Crippen molar-refractivity contribution in [2.45, 2.75) is 138 Å². The number of esters is 1. The van der Waals surface area contributed by atoms with Crippen LogP contribution in [0.1, 0.15) is 96.8 Å². The van der Waals surface area contributed by atoms with Gasteiger partial charge in [-0.3, -0.25) is 0 Å². The lowest BCUT2D eigenvalue weighted by molar-refractivity contribution is -0.215. The molecule has 8 rings (SSSR count). The molecule has 0 aromatic rings. The Morgan fingerprint density at radius 1 is 0.878 bits per heavy atom. The normalized spacial score (nSPS) is 40.9. The number of carbonyl (C=O) groups excluding carboxylic acids is 2. The van der Waals surface area contributed by atoms with Crippen molar-refractivity contribution in [2.24, 2.45) is 17.3 Å². The van der Waals surface area contributed by atoms with Gasteiger partial charge in [-0.25, -0.2) is 9.59 Å². The minimum absolute atomic E-state index is 0.0876. The van der Waals surface area contributed by atoms with Gasteiger partial charge < -0.3 is 33.2 Å². The van der Waals surface area contributed by atoms with Gasteiger partial charge in [0, 0.05) is 38.0 Å². The molecule has 4 bridgehead atoms. The first-order valence-corrected chi connectivity index (χ1v) is 15.6. The van der Waals surface area contributed by atoms with Gasteiger partial charge in [0.1, 0.15) is 17.8 Å². The zero-order valence-electron chi connectivity index (χ0n) is 23.8. The van der Waals surface area contributed by atoms with Gasteiger partial charge >= 0.3 is 18.0 Å². The van der Waals surface area contributed by atoms with Crippen LogP contribution in [-0.2, 0) is 38.0 Å². The van der Waals surface area contributed by atoms with Crippen LogP contribution in [0.4, 0.5) is 13.6 Å². The van der Waals surface area contributed by atoms with Gasteiger partial charge in [-0.2, -0.15) is 8.78 Å². The van der Waals surface area contributed by atoms with Gasteiger partial charge in [-0.05, 0) is 76.0 Å². The van der Waals surface area contributed by atoms with Crippen molar-refractivity contribution in [1.29, 1.82) is 0 Å². The summed E-state index contributed by atoms with van der Waals surface area (Å²) in [5.41, 5.74) is -1.24. The Labute approximate surface area is 239 Å². The molecule has 0 aromatic heterocycles. The average Bonchev–Trinajstić information content (AvgIpc) is 3.70. The molecule has 41 heavy (non-hydrogen) atoms. The smallest absolute Gasteiger partial charge is 0.461 e. The van der Waals surface area contributed by atoms with Crippen LogP contribution in [0.15, 0.2) is 0 Å². The molecule has 2 heterocycles. The van der Waals surface area contributed by atoms with Crippen LogP contribution in [0.3, 0.4) is 0 Å². The predicted molar refractivity (Wildman–Crippen MR) is 137 cm³/mol. The van der Waals surface area contributed by atoms with Gasteiger partial charge in [0.2, 0.25) is 0 Å². The fourth-order valence-electron chi connectivity index (χ4n) is 9.53. The number of ether oxygens (including phenoxy) is 7. The Bertz CT molecular complexity index is 983. The van der Waals surface area contributed by atoms with Crippen molar-refractivity contribution >= 4 is 12.1 Å². The third-order valence-electron chi connectivity index (χ3n) is 10.7. The third-order valence-corrected chi connectivity index (χ3v) is 10.7. The molecular formula is C30H42F2O9. The first kappa shape index (κ1) is 28.2. The lowest BCUT2D eigenvalue weighted by Gasteiger charge is -2.60. The maximum Gasteiger partial charge on any atom is 0.509 e. The molecule has 2 spiro atoms. The highest BCUT2D eigenvalue weighted by atomic mass is 19.3. The second-order valence-electron chi connectivity index (χ2n) is 14.2. The quantitative estimate of drug-likeness (QED) is 0.364. The van der Waals surface area contributed by atoms with Gasteiger partial charge in [0.05, 0.1) is 19.8 Å². The van der Waals surface area contributed by atoms with E-state index in [-0.39, 0.29) is 18.4 Å². The van der Waals surface area contributed by atoms with Crippen LogP contribution in [0.5, 0.6) is 0 Å².